The highest BCUT2D eigenvalue weighted by atomic mass is 19.1. The fourth-order valence-corrected chi connectivity index (χ4v) is 1.74. The molecule has 0 fully saturated rings. The lowest BCUT2D eigenvalue weighted by molar-refractivity contribution is -0.145. The van der Waals surface area contributed by atoms with Crippen LogP contribution in [0.5, 0.6) is 0 Å². The fraction of sp³-hybridized carbons (Fsp3) is 0.467. The van der Waals surface area contributed by atoms with E-state index in [4.69, 9.17) is 4.74 Å². The number of ether oxygens (including phenoxy) is 2. The van der Waals surface area contributed by atoms with Gasteiger partial charge in [0.2, 0.25) is 5.91 Å². The average Bonchev–Trinajstić information content (AvgIpc) is 2.46. The maximum Gasteiger partial charge on any atom is 0.333 e. The molecule has 22 heavy (non-hydrogen) atoms. The highest BCUT2D eigenvalue weighted by Gasteiger charge is 2.26. The van der Waals surface area contributed by atoms with Gasteiger partial charge in [-0.3, -0.25) is 4.79 Å². The van der Waals surface area contributed by atoms with Crippen molar-refractivity contribution < 1.29 is 27.8 Å². The number of carbonyl (C=O) groups is 2. The minimum atomic E-state index is -1.41. The second-order valence-corrected chi connectivity index (χ2v) is 4.86. The standard InChI is InChI=1S/C15H19F2NO4/c1-9(2)22-7-6-13(19)18-14(15(20)21-3)11-8-10(16)4-5-12(11)17/h4-5,8-9,14H,6-7H2,1-3H3,(H,18,19)/t14-/m0/s1. The molecule has 0 radical (unpaired) electrons. The van der Waals surface area contributed by atoms with Crippen molar-refractivity contribution in [1.29, 1.82) is 0 Å². The van der Waals surface area contributed by atoms with Crippen LogP contribution in [0, 0.1) is 11.6 Å². The van der Waals surface area contributed by atoms with Crippen molar-refractivity contribution in [3.05, 3.63) is 35.4 Å². The second kappa shape index (κ2) is 8.43. The van der Waals surface area contributed by atoms with E-state index in [2.05, 4.69) is 10.1 Å². The van der Waals surface area contributed by atoms with E-state index in [-0.39, 0.29) is 24.7 Å². The Morgan fingerprint density at radius 2 is 1.95 bits per heavy atom. The zero-order valence-electron chi connectivity index (χ0n) is 12.7. The summed E-state index contributed by atoms with van der Waals surface area (Å²) in [5, 5.41) is 2.33. The molecule has 1 atom stereocenters. The number of hydrogen-bond donors (Lipinski definition) is 1. The van der Waals surface area contributed by atoms with Crippen LogP contribution in [-0.2, 0) is 19.1 Å². The van der Waals surface area contributed by atoms with Crippen molar-refractivity contribution in [2.24, 2.45) is 0 Å². The fourth-order valence-electron chi connectivity index (χ4n) is 1.74. The molecule has 5 nitrogen and oxygen atoms in total. The lowest BCUT2D eigenvalue weighted by atomic mass is 10.1. The molecule has 7 heteroatoms. The molecule has 0 bridgehead atoms. The van der Waals surface area contributed by atoms with Crippen molar-refractivity contribution in [2.45, 2.75) is 32.4 Å². The van der Waals surface area contributed by atoms with Crippen LogP contribution in [0.15, 0.2) is 18.2 Å². The Hall–Kier alpha value is -2.02. The maximum absolute atomic E-state index is 13.8. The molecule has 1 aromatic rings. The normalized spacial score (nSPS) is 12.1. The lowest BCUT2D eigenvalue weighted by Gasteiger charge is -2.18. The summed E-state index contributed by atoms with van der Waals surface area (Å²) in [5.41, 5.74) is -0.287. The minimum absolute atomic E-state index is 0.0113. The number of rotatable bonds is 7. The summed E-state index contributed by atoms with van der Waals surface area (Å²) in [4.78, 5) is 23.5. The van der Waals surface area contributed by atoms with Gasteiger partial charge in [0.05, 0.1) is 26.2 Å². The van der Waals surface area contributed by atoms with Crippen molar-refractivity contribution >= 4 is 11.9 Å². The van der Waals surface area contributed by atoms with Gasteiger partial charge in [0.1, 0.15) is 11.6 Å². The van der Waals surface area contributed by atoms with E-state index in [0.29, 0.717) is 0 Å². The average molecular weight is 315 g/mol. The monoisotopic (exact) mass is 315 g/mol. The van der Waals surface area contributed by atoms with Crippen molar-refractivity contribution in [2.75, 3.05) is 13.7 Å². The molecular weight excluding hydrogens is 296 g/mol. The van der Waals surface area contributed by atoms with Crippen LogP contribution in [0.2, 0.25) is 0 Å². The molecule has 1 amide bonds. The molecule has 1 rings (SSSR count). The molecule has 122 valence electrons. The molecule has 1 aromatic carbocycles. The van der Waals surface area contributed by atoms with E-state index in [9.17, 15) is 18.4 Å². The highest BCUT2D eigenvalue weighted by Crippen LogP contribution is 2.20. The first-order valence-corrected chi connectivity index (χ1v) is 6.79. The largest absolute Gasteiger partial charge is 0.467 e. The number of benzene rings is 1. The van der Waals surface area contributed by atoms with Gasteiger partial charge in [-0.1, -0.05) is 0 Å². The molecule has 0 spiro atoms. The third kappa shape index (κ3) is 5.40. The molecule has 0 aliphatic rings. The summed E-state index contributed by atoms with van der Waals surface area (Å²) in [7, 11) is 1.10. The zero-order valence-corrected chi connectivity index (χ0v) is 12.7. The van der Waals surface area contributed by atoms with Gasteiger partial charge in [-0.25, -0.2) is 13.6 Å². The molecule has 0 unspecified atom stereocenters. The predicted molar refractivity (Wildman–Crippen MR) is 75.0 cm³/mol. The van der Waals surface area contributed by atoms with E-state index in [1.165, 1.54) is 0 Å². The summed E-state index contributed by atoms with van der Waals surface area (Å²) in [6.07, 6.45) is -0.0485. The quantitative estimate of drug-likeness (QED) is 0.783. The van der Waals surface area contributed by atoms with Gasteiger partial charge in [0.25, 0.3) is 0 Å². The van der Waals surface area contributed by atoms with Gasteiger partial charge in [-0.05, 0) is 32.0 Å². The van der Waals surface area contributed by atoms with Crippen molar-refractivity contribution in [3.63, 3.8) is 0 Å². The molecule has 1 N–H and O–H groups in total. The number of halogens is 2. The van der Waals surface area contributed by atoms with Crippen LogP contribution in [0.3, 0.4) is 0 Å². The van der Waals surface area contributed by atoms with Crippen LogP contribution in [0.25, 0.3) is 0 Å². The van der Waals surface area contributed by atoms with Gasteiger partial charge >= 0.3 is 5.97 Å². The Bertz CT molecular complexity index is 534. The zero-order chi connectivity index (χ0) is 16.7. The van der Waals surface area contributed by atoms with Crippen molar-refractivity contribution in [3.8, 4) is 0 Å². The van der Waals surface area contributed by atoms with Gasteiger partial charge in [0, 0.05) is 5.56 Å². The Labute approximate surface area is 127 Å². The minimum Gasteiger partial charge on any atom is -0.467 e. The smallest absolute Gasteiger partial charge is 0.333 e. The van der Waals surface area contributed by atoms with E-state index in [1.807, 2.05) is 13.8 Å². The van der Waals surface area contributed by atoms with Gasteiger partial charge < -0.3 is 14.8 Å². The van der Waals surface area contributed by atoms with Gasteiger partial charge in [0.15, 0.2) is 6.04 Å². The van der Waals surface area contributed by atoms with Gasteiger partial charge in [-0.15, -0.1) is 0 Å². The van der Waals surface area contributed by atoms with Crippen LogP contribution < -0.4 is 5.32 Å². The number of nitrogens with one attached hydrogen (secondary N) is 1. The Morgan fingerprint density at radius 1 is 1.27 bits per heavy atom. The molecule has 0 heterocycles. The Morgan fingerprint density at radius 3 is 2.55 bits per heavy atom. The Kier molecular flexibility index (Phi) is 6.91. The molecule has 0 aromatic heterocycles. The van der Waals surface area contributed by atoms with E-state index < -0.39 is 29.6 Å². The lowest BCUT2D eigenvalue weighted by Crippen LogP contribution is -2.35. The number of methoxy groups -OCH3 is 1. The number of amides is 1. The summed E-state index contributed by atoms with van der Waals surface area (Å²) in [6.45, 7) is 3.79. The third-order valence-corrected chi connectivity index (χ3v) is 2.79. The molecule has 0 aliphatic carbocycles. The third-order valence-electron chi connectivity index (χ3n) is 2.79. The first kappa shape index (κ1) is 18.0. The number of hydrogen-bond acceptors (Lipinski definition) is 4. The van der Waals surface area contributed by atoms with Crippen LogP contribution >= 0.6 is 0 Å². The summed E-state index contributed by atoms with van der Waals surface area (Å²) in [5.74, 6) is -2.94. The molecule has 0 saturated carbocycles. The second-order valence-electron chi connectivity index (χ2n) is 4.86. The maximum atomic E-state index is 13.8. The molecular formula is C15H19F2NO4. The highest BCUT2D eigenvalue weighted by molar-refractivity contribution is 5.85. The Balaban J connectivity index is 2.83. The van der Waals surface area contributed by atoms with E-state index in [0.717, 1.165) is 25.3 Å². The summed E-state index contributed by atoms with van der Waals surface area (Å²) < 4.78 is 36.8. The van der Waals surface area contributed by atoms with E-state index >= 15 is 0 Å². The SMILES string of the molecule is COC(=O)[C@@H](NC(=O)CCOC(C)C)c1cc(F)ccc1F. The number of esters is 1. The predicted octanol–water partition coefficient (Wildman–Crippen LogP) is 2.11. The van der Waals surface area contributed by atoms with Crippen molar-refractivity contribution in [1.82, 2.24) is 5.32 Å². The summed E-state index contributed by atoms with van der Waals surface area (Å²) in [6, 6.07) is 1.24. The number of carbonyl (C=O) groups excluding carboxylic acids is 2. The molecule has 0 saturated heterocycles. The summed E-state index contributed by atoms with van der Waals surface area (Å²) >= 11 is 0. The first-order chi connectivity index (χ1) is 10.3. The van der Waals surface area contributed by atoms with Crippen LogP contribution in [-0.4, -0.2) is 31.7 Å². The topological polar surface area (TPSA) is 64.6 Å². The first-order valence-electron chi connectivity index (χ1n) is 6.79. The van der Waals surface area contributed by atoms with Crippen LogP contribution in [0.4, 0.5) is 8.78 Å². The van der Waals surface area contributed by atoms with Crippen LogP contribution in [0.1, 0.15) is 31.9 Å². The van der Waals surface area contributed by atoms with Gasteiger partial charge in [-0.2, -0.15) is 0 Å². The molecule has 0 aliphatic heterocycles. The van der Waals surface area contributed by atoms with E-state index in [1.54, 1.807) is 0 Å².